The molecule has 0 unspecified atom stereocenters. The Morgan fingerprint density at radius 3 is 2.88 bits per heavy atom. The fourth-order valence-electron chi connectivity index (χ4n) is 2.71. The molecule has 6 nitrogen and oxygen atoms in total. The van der Waals surface area contributed by atoms with Gasteiger partial charge in [-0.2, -0.15) is 5.10 Å². The zero-order valence-electron chi connectivity index (χ0n) is 13.8. The lowest BCUT2D eigenvalue weighted by molar-refractivity contribution is 0.0948. The van der Waals surface area contributed by atoms with Crippen LogP contribution < -0.4 is 5.32 Å². The highest BCUT2D eigenvalue weighted by Gasteiger charge is 2.10. The lowest BCUT2D eigenvalue weighted by Gasteiger charge is -2.02. The maximum absolute atomic E-state index is 12.3. The van der Waals surface area contributed by atoms with Gasteiger partial charge in [0.1, 0.15) is 5.65 Å². The Hall–Kier alpha value is -3.12. The van der Waals surface area contributed by atoms with Crippen LogP contribution in [0.25, 0.3) is 11.3 Å². The smallest absolute Gasteiger partial charge is 0.271 e. The van der Waals surface area contributed by atoms with Crippen molar-refractivity contribution >= 4 is 23.2 Å². The number of amides is 1. The molecule has 26 heavy (non-hydrogen) atoms. The number of nitrogens with zero attached hydrogens (tertiary/aromatic N) is 4. The molecule has 4 rings (SSSR count). The van der Waals surface area contributed by atoms with Crippen molar-refractivity contribution in [2.24, 2.45) is 0 Å². The number of pyridine rings is 1. The quantitative estimate of drug-likeness (QED) is 0.591. The average molecular weight is 366 g/mol. The third-order valence-electron chi connectivity index (χ3n) is 3.98. The van der Waals surface area contributed by atoms with Crippen molar-refractivity contribution in [1.29, 1.82) is 0 Å². The van der Waals surface area contributed by atoms with Crippen LogP contribution in [0.1, 0.15) is 16.2 Å². The highest BCUT2D eigenvalue weighted by atomic mass is 35.5. The van der Waals surface area contributed by atoms with Gasteiger partial charge in [0.05, 0.1) is 11.4 Å². The second-order valence-corrected chi connectivity index (χ2v) is 6.27. The summed E-state index contributed by atoms with van der Waals surface area (Å²) in [5.41, 5.74) is 3.00. The Morgan fingerprint density at radius 1 is 1.12 bits per heavy atom. The second-order valence-electron chi connectivity index (χ2n) is 5.83. The van der Waals surface area contributed by atoms with Crippen molar-refractivity contribution < 1.29 is 4.79 Å². The number of hydrogen-bond acceptors (Lipinski definition) is 3. The molecule has 0 fully saturated rings. The first-order chi connectivity index (χ1) is 12.7. The Labute approximate surface area is 155 Å². The number of carbonyl (C=O) groups excluding carboxylic acids is 1. The van der Waals surface area contributed by atoms with E-state index in [4.69, 9.17) is 11.6 Å². The van der Waals surface area contributed by atoms with Crippen LogP contribution in [0, 0.1) is 0 Å². The zero-order valence-corrected chi connectivity index (χ0v) is 14.6. The van der Waals surface area contributed by atoms with E-state index in [1.807, 2.05) is 47.1 Å². The number of benzene rings is 1. The molecule has 0 saturated heterocycles. The molecule has 0 radical (unpaired) electrons. The third kappa shape index (κ3) is 3.45. The topological polar surface area (TPSA) is 64.2 Å². The van der Waals surface area contributed by atoms with Crippen LogP contribution in [-0.4, -0.2) is 31.6 Å². The van der Waals surface area contributed by atoms with Crippen LogP contribution in [-0.2, 0) is 6.42 Å². The first-order valence-electron chi connectivity index (χ1n) is 8.21. The summed E-state index contributed by atoms with van der Waals surface area (Å²) in [6.07, 6.45) is 6.31. The van der Waals surface area contributed by atoms with Crippen LogP contribution in [0.15, 0.2) is 67.1 Å². The second kappa shape index (κ2) is 7.01. The number of carbonyl (C=O) groups is 1. The zero-order chi connectivity index (χ0) is 17.9. The van der Waals surface area contributed by atoms with Gasteiger partial charge >= 0.3 is 0 Å². The Kier molecular flexibility index (Phi) is 4.41. The highest BCUT2D eigenvalue weighted by Crippen LogP contribution is 2.14. The van der Waals surface area contributed by atoms with Gasteiger partial charge in [0.25, 0.3) is 5.91 Å². The first kappa shape index (κ1) is 16.4. The molecule has 3 aromatic heterocycles. The Morgan fingerprint density at radius 2 is 2.04 bits per heavy atom. The Bertz CT molecular complexity index is 1040. The van der Waals surface area contributed by atoms with Gasteiger partial charge in [0.2, 0.25) is 0 Å². The maximum Gasteiger partial charge on any atom is 0.271 e. The monoisotopic (exact) mass is 365 g/mol. The van der Waals surface area contributed by atoms with Crippen LogP contribution in [0.4, 0.5) is 0 Å². The number of aromatic nitrogens is 4. The van der Waals surface area contributed by atoms with Gasteiger partial charge in [0.15, 0.2) is 5.69 Å². The summed E-state index contributed by atoms with van der Waals surface area (Å²) in [7, 11) is 0. The fourth-order valence-corrected chi connectivity index (χ4v) is 2.89. The molecule has 0 saturated carbocycles. The SMILES string of the molecule is O=C(NCCc1cn2ccccc2n1)c1ccn(-c2cccc(Cl)c2)n1. The predicted molar refractivity (Wildman–Crippen MR) is 99.8 cm³/mol. The third-order valence-corrected chi connectivity index (χ3v) is 4.21. The number of fused-ring (bicyclic) bond motifs is 1. The minimum atomic E-state index is -0.213. The summed E-state index contributed by atoms with van der Waals surface area (Å²) in [6, 6.07) is 14.8. The van der Waals surface area contributed by atoms with Gasteiger partial charge in [0, 0.05) is 36.6 Å². The number of imidazole rings is 1. The molecule has 1 aromatic carbocycles. The molecule has 0 aliphatic carbocycles. The molecule has 4 aromatic rings. The summed E-state index contributed by atoms with van der Waals surface area (Å²) in [5.74, 6) is -0.213. The van der Waals surface area contributed by atoms with Crippen LogP contribution in [0.3, 0.4) is 0 Å². The number of nitrogens with one attached hydrogen (secondary N) is 1. The number of rotatable bonds is 5. The fraction of sp³-hybridized carbons (Fsp3) is 0.105. The van der Waals surface area contributed by atoms with E-state index in [-0.39, 0.29) is 5.91 Å². The Balaban J connectivity index is 1.38. The van der Waals surface area contributed by atoms with Crippen LogP contribution in [0.2, 0.25) is 5.02 Å². The minimum Gasteiger partial charge on any atom is -0.350 e. The highest BCUT2D eigenvalue weighted by molar-refractivity contribution is 6.30. The van der Waals surface area contributed by atoms with Crippen molar-refractivity contribution in [1.82, 2.24) is 24.5 Å². The van der Waals surface area contributed by atoms with E-state index >= 15 is 0 Å². The summed E-state index contributed by atoms with van der Waals surface area (Å²) in [5, 5.41) is 7.81. The van der Waals surface area contributed by atoms with Crippen molar-refractivity contribution in [2.45, 2.75) is 6.42 Å². The van der Waals surface area contributed by atoms with E-state index in [9.17, 15) is 4.79 Å². The van der Waals surface area contributed by atoms with Gasteiger partial charge in [-0.3, -0.25) is 4.79 Å². The maximum atomic E-state index is 12.3. The van der Waals surface area contributed by atoms with E-state index in [1.54, 1.807) is 29.1 Å². The van der Waals surface area contributed by atoms with Gasteiger partial charge in [-0.15, -0.1) is 0 Å². The molecular weight excluding hydrogens is 350 g/mol. The summed E-state index contributed by atoms with van der Waals surface area (Å²) in [6.45, 7) is 0.493. The van der Waals surface area contributed by atoms with Gasteiger partial charge in [-0.05, 0) is 36.4 Å². The molecule has 0 atom stereocenters. The largest absolute Gasteiger partial charge is 0.350 e. The minimum absolute atomic E-state index is 0.213. The van der Waals surface area contributed by atoms with Crippen molar-refractivity contribution in [3.63, 3.8) is 0 Å². The predicted octanol–water partition coefficient (Wildman–Crippen LogP) is 3.15. The molecule has 3 heterocycles. The lowest BCUT2D eigenvalue weighted by Crippen LogP contribution is -2.26. The van der Waals surface area contributed by atoms with Gasteiger partial charge in [-0.25, -0.2) is 9.67 Å². The number of halogens is 1. The molecular formula is C19H16ClN5O. The van der Waals surface area contributed by atoms with Gasteiger partial charge < -0.3 is 9.72 Å². The summed E-state index contributed by atoms with van der Waals surface area (Å²) in [4.78, 5) is 16.8. The lowest BCUT2D eigenvalue weighted by atomic mass is 10.3. The van der Waals surface area contributed by atoms with E-state index in [2.05, 4.69) is 15.4 Å². The van der Waals surface area contributed by atoms with Crippen LogP contribution >= 0.6 is 11.6 Å². The average Bonchev–Trinajstić information content (AvgIpc) is 3.28. The van der Waals surface area contributed by atoms with Crippen molar-refractivity contribution in [2.75, 3.05) is 6.54 Å². The molecule has 0 aliphatic rings. The van der Waals surface area contributed by atoms with Crippen LogP contribution in [0.5, 0.6) is 0 Å². The normalized spacial score (nSPS) is 11.0. The first-order valence-corrected chi connectivity index (χ1v) is 8.59. The molecule has 1 amide bonds. The number of hydrogen-bond donors (Lipinski definition) is 1. The van der Waals surface area contributed by atoms with Crippen molar-refractivity contribution in [3.8, 4) is 5.69 Å². The van der Waals surface area contributed by atoms with E-state index in [0.717, 1.165) is 17.0 Å². The standard InChI is InChI=1S/C19H16ClN5O/c20-14-4-3-5-16(12-14)25-11-8-17(23-25)19(26)21-9-7-15-13-24-10-2-1-6-18(24)22-15/h1-6,8,10-13H,7,9H2,(H,21,26). The molecule has 130 valence electrons. The van der Waals surface area contributed by atoms with E-state index in [0.29, 0.717) is 23.7 Å². The van der Waals surface area contributed by atoms with E-state index in [1.165, 1.54) is 0 Å². The molecule has 0 spiro atoms. The molecule has 7 heteroatoms. The van der Waals surface area contributed by atoms with Crippen molar-refractivity contribution in [3.05, 3.63) is 83.5 Å². The molecule has 0 aliphatic heterocycles. The summed E-state index contributed by atoms with van der Waals surface area (Å²) >= 11 is 5.99. The van der Waals surface area contributed by atoms with Gasteiger partial charge in [-0.1, -0.05) is 23.7 Å². The molecule has 0 bridgehead atoms. The summed E-state index contributed by atoms with van der Waals surface area (Å²) < 4.78 is 3.59. The van der Waals surface area contributed by atoms with E-state index < -0.39 is 0 Å². The molecule has 1 N–H and O–H groups in total.